The van der Waals surface area contributed by atoms with Gasteiger partial charge in [-0.15, -0.1) is 0 Å². The van der Waals surface area contributed by atoms with E-state index in [2.05, 4.69) is 20.4 Å². The van der Waals surface area contributed by atoms with Gasteiger partial charge in [0.2, 0.25) is 5.91 Å². The Morgan fingerprint density at radius 3 is 2.32 bits per heavy atom. The van der Waals surface area contributed by atoms with E-state index in [0.29, 0.717) is 22.2 Å². The summed E-state index contributed by atoms with van der Waals surface area (Å²) in [5.74, 6) is 0.613. The monoisotopic (exact) mass is 451 g/mol. The number of carbonyl (C=O) groups is 1. The number of nitrogens with zero attached hydrogens (tertiary/aromatic N) is 4. The highest BCUT2D eigenvalue weighted by Crippen LogP contribution is 2.25. The van der Waals surface area contributed by atoms with E-state index in [0.717, 1.165) is 28.1 Å². The first-order valence-corrected chi connectivity index (χ1v) is 10.3. The van der Waals surface area contributed by atoms with Crippen LogP contribution in [0.3, 0.4) is 0 Å². The quantitative estimate of drug-likeness (QED) is 0.449. The van der Waals surface area contributed by atoms with E-state index in [9.17, 15) is 4.79 Å². The number of carbonyl (C=O) groups excluding carboxylic acids is 1. The zero-order valence-corrected chi connectivity index (χ0v) is 18.2. The molecule has 0 atom stereocenters. The van der Waals surface area contributed by atoms with Crippen LogP contribution in [0.25, 0.3) is 11.1 Å². The highest BCUT2D eigenvalue weighted by Gasteiger charge is 2.08. The van der Waals surface area contributed by atoms with E-state index in [-0.39, 0.29) is 12.3 Å². The molecule has 0 unspecified atom stereocenters. The van der Waals surface area contributed by atoms with Gasteiger partial charge in [0.05, 0.1) is 22.7 Å². The molecule has 0 aliphatic heterocycles. The second-order valence-electron chi connectivity index (χ2n) is 7.14. The van der Waals surface area contributed by atoms with Crippen LogP contribution in [0.15, 0.2) is 67.3 Å². The van der Waals surface area contributed by atoms with Gasteiger partial charge in [0.1, 0.15) is 5.82 Å². The Balaban J connectivity index is 1.37. The van der Waals surface area contributed by atoms with E-state index in [1.54, 1.807) is 22.9 Å². The summed E-state index contributed by atoms with van der Waals surface area (Å²) in [6.07, 6.45) is 8.28. The van der Waals surface area contributed by atoms with Gasteiger partial charge in [0, 0.05) is 43.3 Å². The molecule has 31 heavy (non-hydrogen) atoms. The van der Waals surface area contributed by atoms with Crippen molar-refractivity contribution in [1.82, 2.24) is 19.7 Å². The first kappa shape index (κ1) is 21.0. The molecule has 4 aromatic rings. The second-order valence-corrected chi connectivity index (χ2v) is 7.95. The van der Waals surface area contributed by atoms with E-state index in [4.69, 9.17) is 23.2 Å². The minimum Gasteiger partial charge on any atom is -0.326 e. The van der Waals surface area contributed by atoms with E-state index < -0.39 is 0 Å². The summed E-state index contributed by atoms with van der Waals surface area (Å²) in [7, 11) is 1.88. The van der Waals surface area contributed by atoms with Gasteiger partial charge >= 0.3 is 0 Å². The zero-order valence-electron chi connectivity index (χ0n) is 16.7. The first-order chi connectivity index (χ1) is 15.0. The van der Waals surface area contributed by atoms with Gasteiger partial charge in [0.15, 0.2) is 0 Å². The van der Waals surface area contributed by atoms with Crippen LogP contribution in [-0.4, -0.2) is 25.7 Å². The average molecular weight is 452 g/mol. The normalized spacial score (nSPS) is 10.8. The Morgan fingerprint density at radius 1 is 0.935 bits per heavy atom. The van der Waals surface area contributed by atoms with Crippen molar-refractivity contribution in [1.29, 1.82) is 0 Å². The summed E-state index contributed by atoms with van der Waals surface area (Å²) in [6, 6.07) is 12.8. The van der Waals surface area contributed by atoms with Crippen LogP contribution in [0.5, 0.6) is 0 Å². The third-order valence-electron chi connectivity index (χ3n) is 4.68. The maximum Gasteiger partial charge on any atom is 0.228 e. The lowest BCUT2D eigenvalue weighted by Crippen LogP contribution is -2.14. The van der Waals surface area contributed by atoms with Crippen molar-refractivity contribution in [3.63, 3.8) is 0 Å². The minimum atomic E-state index is -0.130. The number of aromatic nitrogens is 4. The SMILES string of the molecule is Cn1cc(Cc2ncc(-c3ccc(CC(=O)Nc4ccc(Cl)c(Cl)c4)cc3)cn2)cn1. The maximum absolute atomic E-state index is 12.3. The summed E-state index contributed by atoms with van der Waals surface area (Å²) in [4.78, 5) is 21.2. The van der Waals surface area contributed by atoms with Crippen LogP contribution >= 0.6 is 23.2 Å². The molecule has 0 bridgehead atoms. The molecule has 0 fully saturated rings. The summed E-state index contributed by atoms with van der Waals surface area (Å²) in [5, 5.41) is 7.83. The molecule has 0 saturated heterocycles. The number of hydrogen-bond donors (Lipinski definition) is 1. The van der Waals surface area contributed by atoms with Crippen molar-refractivity contribution in [2.45, 2.75) is 12.8 Å². The van der Waals surface area contributed by atoms with Crippen molar-refractivity contribution in [3.05, 3.63) is 94.2 Å². The fourth-order valence-electron chi connectivity index (χ4n) is 3.12. The molecule has 0 aliphatic rings. The van der Waals surface area contributed by atoms with Crippen molar-refractivity contribution in [2.75, 3.05) is 5.32 Å². The van der Waals surface area contributed by atoms with Gasteiger partial charge in [-0.1, -0.05) is 47.5 Å². The number of hydrogen-bond acceptors (Lipinski definition) is 4. The van der Waals surface area contributed by atoms with Gasteiger partial charge in [-0.05, 0) is 34.9 Å². The molecule has 2 aromatic heterocycles. The fraction of sp³-hybridized carbons (Fsp3) is 0.130. The summed E-state index contributed by atoms with van der Waals surface area (Å²) in [6.45, 7) is 0. The van der Waals surface area contributed by atoms with Crippen molar-refractivity contribution in [3.8, 4) is 11.1 Å². The Bertz CT molecular complexity index is 1200. The average Bonchev–Trinajstić information content (AvgIpc) is 3.16. The van der Waals surface area contributed by atoms with Crippen LogP contribution in [0.2, 0.25) is 10.0 Å². The molecule has 0 aliphatic carbocycles. The minimum absolute atomic E-state index is 0.130. The van der Waals surface area contributed by atoms with Crippen molar-refractivity contribution < 1.29 is 4.79 Å². The smallest absolute Gasteiger partial charge is 0.228 e. The Hall–Kier alpha value is -3.22. The number of amides is 1. The summed E-state index contributed by atoms with van der Waals surface area (Å²) < 4.78 is 1.76. The number of halogens is 2. The highest BCUT2D eigenvalue weighted by atomic mass is 35.5. The molecule has 0 saturated carbocycles. The molecular formula is C23H19Cl2N5O. The molecule has 6 nitrogen and oxygen atoms in total. The Labute approximate surface area is 189 Å². The van der Waals surface area contributed by atoms with Gasteiger partial charge < -0.3 is 5.32 Å². The molecule has 0 radical (unpaired) electrons. The molecule has 2 aromatic carbocycles. The summed E-state index contributed by atoms with van der Waals surface area (Å²) in [5.41, 5.74) is 4.48. The number of benzene rings is 2. The predicted molar refractivity (Wildman–Crippen MR) is 122 cm³/mol. The van der Waals surface area contributed by atoms with E-state index in [1.165, 1.54) is 0 Å². The number of rotatable bonds is 6. The lowest BCUT2D eigenvalue weighted by molar-refractivity contribution is -0.115. The number of nitrogens with one attached hydrogen (secondary N) is 1. The molecule has 156 valence electrons. The van der Waals surface area contributed by atoms with Crippen LogP contribution in [-0.2, 0) is 24.7 Å². The Morgan fingerprint density at radius 2 is 1.68 bits per heavy atom. The molecule has 8 heteroatoms. The number of aryl methyl sites for hydroxylation is 1. The topological polar surface area (TPSA) is 72.7 Å². The molecule has 1 amide bonds. The largest absolute Gasteiger partial charge is 0.326 e. The second kappa shape index (κ2) is 9.29. The standard InChI is InChI=1S/C23H19Cl2N5O/c1-30-14-16(11-28-30)8-22-26-12-18(13-27-22)17-4-2-15(3-5-17)9-23(31)29-19-6-7-20(24)21(25)10-19/h2-7,10-14H,8-9H2,1H3,(H,29,31). The van der Waals surface area contributed by atoms with Crippen molar-refractivity contribution in [2.24, 2.45) is 7.05 Å². The third kappa shape index (κ3) is 5.48. The molecular weight excluding hydrogens is 433 g/mol. The van der Waals surface area contributed by atoms with Gasteiger partial charge in [-0.25, -0.2) is 9.97 Å². The molecule has 0 spiro atoms. The van der Waals surface area contributed by atoms with Crippen LogP contribution < -0.4 is 5.32 Å². The molecule has 2 heterocycles. The molecule has 4 rings (SSSR count). The third-order valence-corrected chi connectivity index (χ3v) is 5.42. The fourth-order valence-corrected chi connectivity index (χ4v) is 3.42. The van der Waals surface area contributed by atoms with Crippen LogP contribution in [0.4, 0.5) is 5.69 Å². The highest BCUT2D eigenvalue weighted by molar-refractivity contribution is 6.42. The molecule has 1 N–H and O–H groups in total. The van der Waals surface area contributed by atoms with E-state index in [1.807, 2.05) is 56.1 Å². The van der Waals surface area contributed by atoms with Gasteiger partial charge in [0.25, 0.3) is 0 Å². The van der Waals surface area contributed by atoms with Crippen LogP contribution in [0.1, 0.15) is 17.0 Å². The van der Waals surface area contributed by atoms with Gasteiger partial charge in [-0.2, -0.15) is 5.10 Å². The predicted octanol–water partition coefficient (Wildman–Crippen LogP) is 4.96. The lowest BCUT2D eigenvalue weighted by atomic mass is 10.0. The number of anilines is 1. The Kier molecular flexibility index (Phi) is 6.30. The van der Waals surface area contributed by atoms with Crippen molar-refractivity contribution >= 4 is 34.8 Å². The lowest BCUT2D eigenvalue weighted by Gasteiger charge is -2.07. The summed E-state index contributed by atoms with van der Waals surface area (Å²) >= 11 is 11.9. The first-order valence-electron chi connectivity index (χ1n) is 9.59. The zero-order chi connectivity index (χ0) is 21.8. The van der Waals surface area contributed by atoms with Crippen LogP contribution in [0, 0.1) is 0 Å². The maximum atomic E-state index is 12.3. The van der Waals surface area contributed by atoms with E-state index >= 15 is 0 Å². The van der Waals surface area contributed by atoms with Gasteiger partial charge in [-0.3, -0.25) is 9.48 Å².